The van der Waals surface area contributed by atoms with Crippen LogP contribution in [-0.2, 0) is 5.88 Å². The van der Waals surface area contributed by atoms with Crippen LogP contribution < -0.4 is 4.74 Å². The summed E-state index contributed by atoms with van der Waals surface area (Å²) in [4.78, 5) is 8.27. The van der Waals surface area contributed by atoms with Gasteiger partial charge < -0.3 is 4.74 Å². The lowest BCUT2D eigenvalue weighted by atomic mass is 10.1. The number of rotatable bonds is 3. The molecule has 0 radical (unpaired) electrons. The van der Waals surface area contributed by atoms with Crippen molar-refractivity contribution in [3.63, 3.8) is 0 Å². The van der Waals surface area contributed by atoms with Crippen molar-refractivity contribution in [1.29, 1.82) is 0 Å². The van der Waals surface area contributed by atoms with Crippen LogP contribution in [0, 0.1) is 5.82 Å². The van der Waals surface area contributed by atoms with Gasteiger partial charge in [-0.25, -0.2) is 4.39 Å². The van der Waals surface area contributed by atoms with Crippen molar-refractivity contribution in [2.75, 3.05) is 7.11 Å². The predicted molar refractivity (Wildman–Crippen MR) is 63.5 cm³/mol. The number of alkyl halides is 1. The lowest BCUT2D eigenvalue weighted by Crippen LogP contribution is -1.92. The summed E-state index contributed by atoms with van der Waals surface area (Å²) in [5.74, 6) is 0.380. The van der Waals surface area contributed by atoms with E-state index in [1.807, 2.05) is 0 Å². The molecule has 88 valence electrons. The Kier molecular flexibility index (Phi) is 3.54. The van der Waals surface area contributed by atoms with Crippen molar-refractivity contribution in [3.8, 4) is 17.0 Å². The molecule has 0 bridgehead atoms. The molecular formula is C12H10ClFN2O. The summed E-state index contributed by atoms with van der Waals surface area (Å²) in [5.41, 5.74) is 1.88. The molecule has 0 aliphatic rings. The second-order valence-electron chi connectivity index (χ2n) is 3.41. The first kappa shape index (κ1) is 11.8. The largest absolute Gasteiger partial charge is 0.497 e. The van der Waals surface area contributed by atoms with Crippen LogP contribution in [0.25, 0.3) is 11.3 Å². The Hall–Kier alpha value is -1.68. The van der Waals surface area contributed by atoms with Crippen molar-refractivity contribution in [1.82, 2.24) is 9.97 Å². The molecule has 0 N–H and O–H groups in total. The Bertz CT molecular complexity index is 516. The number of halogens is 2. The highest BCUT2D eigenvalue weighted by molar-refractivity contribution is 6.16. The fourth-order valence-corrected chi connectivity index (χ4v) is 1.54. The molecule has 2 aromatic rings. The molecule has 0 saturated carbocycles. The first-order valence-corrected chi connectivity index (χ1v) is 5.48. The molecule has 0 spiro atoms. The third kappa shape index (κ3) is 2.71. The monoisotopic (exact) mass is 252 g/mol. The molecule has 1 aromatic carbocycles. The average Bonchev–Trinajstić information content (AvgIpc) is 2.38. The second kappa shape index (κ2) is 5.10. The minimum atomic E-state index is -0.373. The highest BCUT2D eigenvalue weighted by Crippen LogP contribution is 2.23. The van der Waals surface area contributed by atoms with Crippen LogP contribution in [0.3, 0.4) is 0 Å². The van der Waals surface area contributed by atoms with E-state index in [-0.39, 0.29) is 5.82 Å². The van der Waals surface area contributed by atoms with Gasteiger partial charge in [0.05, 0.1) is 36.8 Å². The summed E-state index contributed by atoms with van der Waals surface area (Å²) in [6.45, 7) is 0. The van der Waals surface area contributed by atoms with Gasteiger partial charge in [-0.1, -0.05) is 0 Å². The van der Waals surface area contributed by atoms with Crippen LogP contribution in [0.1, 0.15) is 5.69 Å². The molecule has 0 fully saturated rings. The fraction of sp³-hybridized carbons (Fsp3) is 0.167. The van der Waals surface area contributed by atoms with E-state index in [9.17, 15) is 4.39 Å². The number of hydrogen-bond acceptors (Lipinski definition) is 3. The topological polar surface area (TPSA) is 35.0 Å². The van der Waals surface area contributed by atoms with Gasteiger partial charge in [0.1, 0.15) is 11.6 Å². The van der Waals surface area contributed by atoms with E-state index in [4.69, 9.17) is 16.3 Å². The molecule has 0 unspecified atom stereocenters. The van der Waals surface area contributed by atoms with Crippen molar-refractivity contribution < 1.29 is 9.13 Å². The van der Waals surface area contributed by atoms with Gasteiger partial charge >= 0.3 is 0 Å². The number of aromatic nitrogens is 2. The van der Waals surface area contributed by atoms with E-state index in [0.717, 1.165) is 0 Å². The first-order chi connectivity index (χ1) is 8.22. The van der Waals surface area contributed by atoms with Crippen LogP contribution in [0.15, 0.2) is 30.6 Å². The molecule has 1 heterocycles. The van der Waals surface area contributed by atoms with Gasteiger partial charge in [0.15, 0.2) is 0 Å². The molecule has 1 aromatic heterocycles. The zero-order chi connectivity index (χ0) is 12.3. The Morgan fingerprint density at radius 2 is 2.06 bits per heavy atom. The first-order valence-electron chi connectivity index (χ1n) is 4.95. The molecule has 0 amide bonds. The van der Waals surface area contributed by atoms with Gasteiger partial charge in [-0.2, -0.15) is 0 Å². The van der Waals surface area contributed by atoms with Crippen molar-refractivity contribution in [2.45, 2.75) is 5.88 Å². The van der Waals surface area contributed by atoms with Gasteiger partial charge in [0, 0.05) is 11.6 Å². The van der Waals surface area contributed by atoms with E-state index >= 15 is 0 Å². The summed E-state index contributed by atoms with van der Waals surface area (Å²) in [7, 11) is 1.49. The van der Waals surface area contributed by atoms with Crippen LogP contribution in [-0.4, -0.2) is 17.1 Å². The Labute approximate surface area is 103 Å². The zero-order valence-electron chi connectivity index (χ0n) is 9.15. The molecule has 0 atom stereocenters. The zero-order valence-corrected chi connectivity index (χ0v) is 9.91. The number of nitrogens with zero attached hydrogens (tertiary/aromatic N) is 2. The van der Waals surface area contributed by atoms with Gasteiger partial charge in [0.25, 0.3) is 0 Å². The van der Waals surface area contributed by atoms with Crippen molar-refractivity contribution in [3.05, 3.63) is 42.1 Å². The minimum absolute atomic E-state index is 0.305. The lowest BCUT2D eigenvalue weighted by molar-refractivity contribution is 0.411. The number of ether oxygens (including phenoxy) is 1. The standard InChI is InChI=1S/C12H10ClFN2O/c1-17-11-3-8(2-9(14)4-11)12-7-15-10(5-13)6-16-12/h2-4,6-7H,5H2,1H3. The summed E-state index contributed by atoms with van der Waals surface area (Å²) in [5, 5.41) is 0. The molecular weight excluding hydrogens is 243 g/mol. The maximum atomic E-state index is 13.3. The molecule has 0 aliphatic heterocycles. The molecule has 5 heteroatoms. The van der Waals surface area contributed by atoms with Crippen LogP contribution in [0.2, 0.25) is 0 Å². The Balaban J connectivity index is 2.41. The maximum absolute atomic E-state index is 13.3. The van der Waals surface area contributed by atoms with E-state index in [1.165, 1.54) is 19.2 Å². The van der Waals surface area contributed by atoms with Gasteiger partial charge in [-0.3, -0.25) is 9.97 Å². The minimum Gasteiger partial charge on any atom is -0.497 e. The maximum Gasteiger partial charge on any atom is 0.127 e. The summed E-state index contributed by atoms with van der Waals surface area (Å²) < 4.78 is 18.3. The summed E-state index contributed by atoms with van der Waals surface area (Å²) in [6.07, 6.45) is 3.13. The normalized spacial score (nSPS) is 10.3. The average molecular weight is 253 g/mol. The van der Waals surface area contributed by atoms with E-state index in [1.54, 1.807) is 18.5 Å². The molecule has 3 nitrogen and oxygen atoms in total. The Morgan fingerprint density at radius 3 is 2.65 bits per heavy atom. The molecule has 0 aliphatic carbocycles. The highest BCUT2D eigenvalue weighted by Gasteiger charge is 2.05. The van der Waals surface area contributed by atoms with Crippen LogP contribution in [0.5, 0.6) is 5.75 Å². The quantitative estimate of drug-likeness (QED) is 0.788. The van der Waals surface area contributed by atoms with Crippen LogP contribution >= 0.6 is 11.6 Å². The third-order valence-corrected chi connectivity index (χ3v) is 2.52. The van der Waals surface area contributed by atoms with E-state index in [0.29, 0.717) is 28.6 Å². The summed E-state index contributed by atoms with van der Waals surface area (Å²) in [6, 6.07) is 4.39. The van der Waals surface area contributed by atoms with Crippen molar-refractivity contribution >= 4 is 11.6 Å². The SMILES string of the molecule is COc1cc(F)cc(-c2cnc(CCl)cn2)c1. The van der Waals surface area contributed by atoms with E-state index < -0.39 is 0 Å². The van der Waals surface area contributed by atoms with Gasteiger partial charge in [-0.05, 0) is 12.1 Å². The third-order valence-electron chi connectivity index (χ3n) is 2.24. The Morgan fingerprint density at radius 1 is 1.24 bits per heavy atom. The van der Waals surface area contributed by atoms with Crippen LogP contribution in [0.4, 0.5) is 4.39 Å². The molecule has 2 rings (SSSR count). The lowest BCUT2D eigenvalue weighted by Gasteiger charge is -2.05. The second-order valence-corrected chi connectivity index (χ2v) is 3.67. The fourth-order valence-electron chi connectivity index (χ4n) is 1.40. The van der Waals surface area contributed by atoms with Gasteiger partial charge in [-0.15, -0.1) is 11.6 Å². The number of methoxy groups -OCH3 is 1. The molecule has 0 saturated heterocycles. The number of benzene rings is 1. The molecule has 17 heavy (non-hydrogen) atoms. The predicted octanol–water partition coefficient (Wildman–Crippen LogP) is 3.03. The highest BCUT2D eigenvalue weighted by atomic mass is 35.5. The summed E-state index contributed by atoms with van der Waals surface area (Å²) >= 11 is 5.62. The smallest absolute Gasteiger partial charge is 0.127 e. The van der Waals surface area contributed by atoms with Crippen molar-refractivity contribution in [2.24, 2.45) is 0 Å². The van der Waals surface area contributed by atoms with Gasteiger partial charge in [0.2, 0.25) is 0 Å². The number of hydrogen-bond donors (Lipinski definition) is 0. The van der Waals surface area contributed by atoms with E-state index in [2.05, 4.69) is 9.97 Å².